The van der Waals surface area contributed by atoms with E-state index in [1.807, 2.05) is 0 Å². The smallest absolute Gasteiger partial charge is 0.0246 e. The molecule has 2 atom stereocenters. The molecule has 2 nitrogen and oxygen atoms in total. The summed E-state index contributed by atoms with van der Waals surface area (Å²) in [6.45, 7) is 6.73. The third-order valence-corrected chi connectivity index (χ3v) is 2.81. The summed E-state index contributed by atoms with van der Waals surface area (Å²) < 4.78 is 0. The van der Waals surface area contributed by atoms with Gasteiger partial charge in [-0.3, -0.25) is 4.90 Å². The maximum absolute atomic E-state index is 5.99. The number of rotatable bonds is 3. The van der Waals surface area contributed by atoms with E-state index in [-0.39, 0.29) is 0 Å². The molecule has 0 amide bonds. The maximum Gasteiger partial charge on any atom is 0.0246 e. The van der Waals surface area contributed by atoms with Gasteiger partial charge < -0.3 is 5.73 Å². The molecular formula is C9H20N2. The van der Waals surface area contributed by atoms with Gasteiger partial charge in [0, 0.05) is 12.1 Å². The molecule has 0 spiro atoms. The minimum absolute atomic E-state index is 0.440. The lowest BCUT2D eigenvalue weighted by molar-refractivity contribution is 0.205. The number of likely N-dealkylation sites (N-methyl/N-ethyl adjacent to an activating group) is 1. The van der Waals surface area contributed by atoms with Crippen molar-refractivity contribution < 1.29 is 0 Å². The minimum Gasteiger partial charge on any atom is -0.326 e. The van der Waals surface area contributed by atoms with E-state index < -0.39 is 0 Å². The van der Waals surface area contributed by atoms with Gasteiger partial charge >= 0.3 is 0 Å². The van der Waals surface area contributed by atoms with Gasteiger partial charge in [0.2, 0.25) is 0 Å². The minimum atomic E-state index is 0.440. The van der Waals surface area contributed by atoms with Crippen LogP contribution in [0.3, 0.4) is 0 Å². The van der Waals surface area contributed by atoms with E-state index in [2.05, 4.69) is 18.7 Å². The van der Waals surface area contributed by atoms with Crippen LogP contribution >= 0.6 is 0 Å². The molecule has 1 rings (SSSR count). The van der Waals surface area contributed by atoms with E-state index in [9.17, 15) is 0 Å². The van der Waals surface area contributed by atoms with Crippen molar-refractivity contribution in [2.45, 2.75) is 45.2 Å². The van der Waals surface area contributed by atoms with Crippen molar-refractivity contribution in [1.29, 1.82) is 0 Å². The monoisotopic (exact) mass is 156 g/mol. The zero-order valence-electron chi connectivity index (χ0n) is 7.71. The van der Waals surface area contributed by atoms with Crippen LogP contribution in [-0.2, 0) is 0 Å². The second-order valence-electron chi connectivity index (χ2n) is 3.38. The van der Waals surface area contributed by atoms with Crippen molar-refractivity contribution in [3.8, 4) is 0 Å². The number of hydrogen-bond donors (Lipinski definition) is 1. The first-order valence-corrected chi connectivity index (χ1v) is 4.79. The van der Waals surface area contributed by atoms with Crippen LogP contribution < -0.4 is 5.73 Å². The van der Waals surface area contributed by atoms with Crippen LogP contribution in [0, 0.1) is 0 Å². The van der Waals surface area contributed by atoms with Crippen LogP contribution in [0.15, 0.2) is 0 Å². The van der Waals surface area contributed by atoms with Gasteiger partial charge in [-0.15, -0.1) is 0 Å². The molecule has 0 bridgehead atoms. The van der Waals surface area contributed by atoms with Crippen LogP contribution in [0.4, 0.5) is 0 Å². The van der Waals surface area contributed by atoms with Gasteiger partial charge in [-0.1, -0.05) is 20.3 Å². The molecule has 0 aromatic heterocycles. The predicted molar refractivity (Wildman–Crippen MR) is 48.5 cm³/mol. The highest BCUT2D eigenvalue weighted by atomic mass is 15.2. The summed E-state index contributed by atoms with van der Waals surface area (Å²) in [7, 11) is 0. The summed E-state index contributed by atoms with van der Waals surface area (Å²) in [5.41, 5.74) is 5.99. The van der Waals surface area contributed by atoms with Crippen LogP contribution in [0.5, 0.6) is 0 Å². The Labute approximate surface area is 69.8 Å². The highest BCUT2D eigenvalue weighted by Crippen LogP contribution is 2.22. The Morgan fingerprint density at radius 3 is 2.27 bits per heavy atom. The van der Waals surface area contributed by atoms with Crippen LogP contribution in [0.2, 0.25) is 0 Å². The van der Waals surface area contributed by atoms with E-state index in [1.54, 1.807) is 0 Å². The quantitative estimate of drug-likeness (QED) is 0.665. The summed E-state index contributed by atoms with van der Waals surface area (Å²) >= 11 is 0. The van der Waals surface area contributed by atoms with Crippen LogP contribution in [0.25, 0.3) is 0 Å². The second kappa shape index (κ2) is 4.07. The summed E-state index contributed by atoms with van der Waals surface area (Å²) in [4.78, 5) is 2.48. The summed E-state index contributed by atoms with van der Waals surface area (Å²) in [6, 6.07) is 1.11. The normalized spacial score (nSPS) is 31.6. The first kappa shape index (κ1) is 9.01. The van der Waals surface area contributed by atoms with E-state index >= 15 is 0 Å². The molecule has 66 valence electrons. The van der Waals surface area contributed by atoms with E-state index in [0.717, 1.165) is 13.1 Å². The molecule has 0 aliphatic heterocycles. The zero-order valence-corrected chi connectivity index (χ0v) is 7.71. The van der Waals surface area contributed by atoms with Crippen molar-refractivity contribution >= 4 is 0 Å². The van der Waals surface area contributed by atoms with E-state index in [1.165, 1.54) is 19.3 Å². The highest BCUT2D eigenvalue weighted by molar-refractivity contribution is 4.87. The molecule has 1 aliphatic carbocycles. The fourth-order valence-corrected chi connectivity index (χ4v) is 2.12. The molecule has 2 N–H and O–H groups in total. The second-order valence-corrected chi connectivity index (χ2v) is 3.38. The molecule has 2 unspecified atom stereocenters. The standard InChI is InChI=1S/C9H20N2/c1-3-11(4-2)9-7-5-6-8(9)10/h8-9H,3-7,10H2,1-2H3. The molecule has 1 fully saturated rings. The lowest BCUT2D eigenvalue weighted by Crippen LogP contribution is -2.44. The molecule has 2 heteroatoms. The first-order valence-electron chi connectivity index (χ1n) is 4.79. The first-order chi connectivity index (χ1) is 5.29. The maximum atomic E-state index is 5.99. The topological polar surface area (TPSA) is 29.3 Å². The molecule has 11 heavy (non-hydrogen) atoms. The molecule has 1 aliphatic rings. The Balaban J connectivity index is 2.43. The Kier molecular flexibility index (Phi) is 3.34. The number of nitrogens with two attached hydrogens (primary N) is 1. The number of hydrogen-bond acceptors (Lipinski definition) is 2. The van der Waals surface area contributed by atoms with Gasteiger partial charge in [0.1, 0.15) is 0 Å². The molecule has 1 saturated carbocycles. The van der Waals surface area contributed by atoms with Crippen molar-refractivity contribution in [3.63, 3.8) is 0 Å². The average molecular weight is 156 g/mol. The molecular weight excluding hydrogens is 136 g/mol. The Morgan fingerprint density at radius 2 is 1.91 bits per heavy atom. The van der Waals surface area contributed by atoms with Crippen molar-refractivity contribution in [3.05, 3.63) is 0 Å². The van der Waals surface area contributed by atoms with Crippen molar-refractivity contribution in [2.75, 3.05) is 13.1 Å². The van der Waals surface area contributed by atoms with Gasteiger partial charge in [0.05, 0.1) is 0 Å². The molecule has 0 radical (unpaired) electrons. The van der Waals surface area contributed by atoms with Crippen LogP contribution in [0.1, 0.15) is 33.1 Å². The summed E-state index contributed by atoms with van der Waals surface area (Å²) in [5, 5.41) is 0. The highest BCUT2D eigenvalue weighted by Gasteiger charge is 2.27. The summed E-state index contributed by atoms with van der Waals surface area (Å²) in [6.07, 6.45) is 3.85. The summed E-state index contributed by atoms with van der Waals surface area (Å²) in [5.74, 6) is 0. The lowest BCUT2D eigenvalue weighted by Gasteiger charge is -2.29. The SMILES string of the molecule is CCN(CC)C1CCCC1N. The Bertz CT molecular complexity index is 110. The molecule has 0 heterocycles. The largest absolute Gasteiger partial charge is 0.326 e. The third kappa shape index (κ3) is 1.94. The third-order valence-electron chi connectivity index (χ3n) is 2.81. The van der Waals surface area contributed by atoms with Crippen LogP contribution in [-0.4, -0.2) is 30.1 Å². The Hall–Kier alpha value is -0.0800. The van der Waals surface area contributed by atoms with Gasteiger partial charge in [0.15, 0.2) is 0 Å². The van der Waals surface area contributed by atoms with Gasteiger partial charge in [-0.25, -0.2) is 0 Å². The predicted octanol–water partition coefficient (Wildman–Crippen LogP) is 1.21. The van der Waals surface area contributed by atoms with E-state index in [0.29, 0.717) is 12.1 Å². The van der Waals surface area contributed by atoms with Gasteiger partial charge in [0.25, 0.3) is 0 Å². The average Bonchev–Trinajstić information content (AvgIpc) is 2.40. The van der Waals surface area contributed by atoms with Gasteiger partial charge in [-0.2, -0.15) is 0 Å². The fraction of sp³-hybridized carbons (Fsp3) is 1.00. The van der Waals surface area contributed by atoms with Crippen molar-refractivity contribution in [1.82, 2.24) is 4.90 Å². The fourth-order valence-electron chi connectivity index (χ4n) is 2.12. The lowest BCUT2D eigenvalue weighted by atomic mass is 10.1. The Morgan fingerprint density at radius 1 is 1.27 bits per heavy atom. The van der Waals surface area contributed by atoms with Gasteiger partial charge in [-0.05, 0) is 25.9 Å². The number of nitrogens with zero attached hydrogens (tertiary/aromatic N) is 1. The molecule has 0 aromatic rings. The van der Waals surface area contributed by atoms with E-state index in [4.69, 9.17) is 5.73 Å². The zero-order chi connectivity index (χ0) is 8.27. The molecule has 0 aromatic carbocycles. The molecule has 0 saturated heterocycles. The van der Waals surface area contributed by atoms with Crippen molar-refractivity contribution in [2.24, 2.45) is 5.73 Å².